The molecule has 1 fully saturated rings. The molecule has 0 amide bonds. The highest BCUT2D eigenvalue weighted by Gasteiger charge is 2.36. The van der Waals surface area contributed by atoms with Crippen LogP contribution in [-0.2, 0) is 10.0 Å². The number of nitrogens with one attached hydrogen (secondary N) is 1. The molecule has 1 aliphatic rings. The predicted octanol–water partition coefficient (Wildman–Crippen LogP) is 2.33. The van der Waals surface area contributed by atoms with Crippen LogP contribution in [0.15, 0.2) is 23.1 Å². The maximum absolute atomic E-state index is 12.6. The summed E-state index contributed by atoms with van der Waals surface area (Å²) in [5.41, 5.74) is 6.14. The van der Waals surface area contributed by atoms with Gasteiger partial charge in [-0.05, 0) is 57.4 Å². The minimum atomic E-state index is -3.57. The second kappa shape index (κ2) is 6.56. The van der Waals surface area contributed by atoms with Gasteiger partial charge in [-0.25, -0.2) is 13.1 Å². The molecule has 0 radical (unpaired) electrons. The second-order valence-electron chi connectivity index (χ2n) is 6.39. The zero-order valence-corrected chi connectivity index (χ0v) is 14.4. The number of benzene rings is 1. The van der Waals surface area contributed by atoms with E-state index < -0.39 is 15.6 Å². The Hall–Kier alpha value is -1.11. The first kappa shape index (κ1) is 17.2. The van der Waals surface area contributed by atoms with Gasteiger partial charge >= 0.3 is 0 Å². The van der Waals surface area contributed by atoms with Crippen LogP contribution in [0.5, 0.6) is 5.75 Å². The molecular weight excluding hydrogens is 300 g/mol. The Kier molecular flexibility index (Phi) is 5.14. The normalized spacial score (nSPS) is 17.9. The van der Waals surface area contributed by atoms with Crippen molar-refractivity contribution in [3.8, 4) is 5.75 Å². The molecule has 0 bridgehead atoms. The van der Waals surface area contributed by atoms with E-state index in [0.717, 1.165) is 31.2 Å². The number of ether oxygens (including phenoxy) is 1. The first-order valence-corrected chi connectivity index (χ1v) is 9.28. The van der Waals surface area contributed by atoms with Crippen LogP contribution in [0.4, 0.5) is 0 Å². The molecule has 0 spiro atoms. The lowest BCUT2D eigenvalue weighted by molar-refractivity contribution is 0.240. The summed E-state index contributed by atoms with van der Waals surface area (Å²) in [7, 11) is -3.57. The third-order valence-corrected chi connectivity index (χ3v) is 5.70. The third-order valence-electron chi connectivity index (χ3n) is 4.12. The maximum Gasteiger partial charge on any atom is 0.241 e. The molecule has 6 heteroatoms. The van der Waals surface area contributed by atoms with Crippen LogP contribution in [0.1, 0.15) is 45.1 Å². The van der Waals surface area contributed by atoms with Crippen molar-refractivity contribution in [1.82, 2.24) is 4.72 Å². The maximum atomic E-state index is 12.6. The fourth-order valence-corrected chi connectivity index (χ4v) is 4.47. The molecule has 0 aliphatic heterocycles. The fraction of sp³-hybridized carbons (Fsp3) is 0.625. The van der Waals surface area contributed by atoms with E-state index in [9.17, 15) is 8.42 Å². The molecule has 22 heavy (non-hydrogen) atoms. The van der Waals surface area contributed by atoms with Crippen molar-refractivity contribution >= 4 is 10.0 Å². The summed E-state index contributed by atoms with van der Waals surface area (Å²) in [6.07, 6.45) is 3.69. The van der Waals surface area contributed by atoms with E-state index in [0.29, 0.717) is 12.3 Å². The van der Waals surface area contributed by atoms with E-state index >= 15 is 0 Å². The fourth-order valence-electron chi connectivity index (χ4n) is 2.92. The smallest absolute Gasteiger partial charge is 0.241 e. The van der Waals surface area contributed by atoms with Crippen LogP contribution in [0.25, 0.3) is 0 Å². The Balaban J connectivity index is 2.24. The van der Waals surface area contributed by atoms with Gasteiger partial charge in [-0.3, -0.25) is 0 Å². The van der Waals surface area contributed by atoms with Gasteiger partial charge in [-0.2, -0.15) is 0 Å². The highest BCUT2D eigenvalue weighted by atomic mass is 32.2. The first-order valence-electron chi connectivity index (χ1n) is 7.79. The minimum Gasteiger partial charge on any atom is -0.491 e. The molecule has 1 aromatic rings. The molecule has 0 atom stereocenters. The summed E-state index contributed by atoms with van der Waals surface area (Å²) in [5, 5.41) is 0. The Morgan fingerprint density at radius 3 is 2.45 bits per heavy atom. The van der Waals surface area contributed by atoms with Gasteiger partial charge in [0.2, 0.25) is 10.0 Å². The van der Waals surface area contributed by atoms with Gasteiger partial charge in [-0.1, -0.05) is 12.8 Å². The van der Waals surface area contributed by atoms with Crippen LogP contribution >= 0.6 is 0 Å². The highest BCUT2D eigenvalue weighted by Crippen LogP contribution is 2.31. The van der Waals surface area contributed by atoms with Crippen molar-refractivity contribution in [2.24, 2.45) is 5.73 Å². The summed E-state index contributed by atoms with van der Waals surface area (Å²) >= 11 is 0. The summed E-state index contributed by atoms with van der Waals surface area (Å²) in [5.74, 6) is 0.711. The van der Waals surface area contributed by atoms with E-state index in [1.54, 1.807) is 18.2 Å². The average Bonchev–Trinajstić information content (AvgIpc) is 2.89. The van der Waals surface area contributed by atoms with Crippen LogP contribution in [-0.4, -0.2) is 26.6 Å². The van der Waals surface area contributed by atoms with Crippen molar-refractivity contribution in [2.75, 3.05) is 6.54 Å². The van der Waals surface area contributed by atoms with E-state index in [1.165, 1.54) is 0 Å². The van der Waals surface area contributed by atoms with Gasteiger partial charge in [-0.15, -0.1) is 0 Å². The van der Waals surface area contributed by atoms with E-state index in [-0.39, 0.29) is 11.0 Å². The molecule has 5 nitrogen and oxygen atoms in total. The molecule has 1 aromatic carbocycles. The summed E-state index contributed by atoms with van der Waals surface area (Å²) in [4.78, 5) is 0.265. The summed E-state index contributed by atoms with van der Waals surface area (Å²) < 4.78 is 33.7. The lowest BCUT2D eigenvalue weighted by Crippen LogP contribution is -2.51. The topological polar surface area (TPSA) is 81.4 Å². The standard InChI is InChI=1S/C16H26N2O3S/c1-12(2)21-15-7-6-14(10-13(15)3)22(19,20)18-16(11-17)8-4-5-9-16/h6-7,10,12,18H,4-5,8-9,11,17H2,1-3H3. The number of rotatable bonds is 6. The SMILES string of the molecule is Cc1cc(S(=O)(=O)NC2(CN)CCCC2)ccc1OC(C)C. The third kappa shape index (κ3) is 3.80. The number of hydrogen-bond donors (Lipinski definition) is 2. The summed E-state index contributed by atoms with van der Waals surface area (Å²) in [6.45, 7) is 6.07. The van der Waals surface area contributed by atoms with Crippen molar-refractivity contribution in [3.63, 3.8) is 0 Å². The highest BCUT2D eigenvalue weighted by molar-refractivity contribution is 7.89. The number of aryl methyl sites for hydroxylation is 1. The zero-order valence-electron chi connectivity index (χ0n) is 13.6. The van der Waals surface area contributed by atoms with Gasteiger partial charge in [0.25, 0.3) is 0 Å². The van der Waals surface area contributed by atoms with Crippen molar-refractivity contribution in [2.45, 2.75) is 63.0 Å². The Morgan fingerprint density at radius 2 is 1.95 bits per heavy atom. The largest absolute Gasteiger partial charge is 0.491 e. The van der Waals surface area contributed by atoms with Crippen LogP contribution < -0.4 is 15.2 Å². The quantitative estimate of drug-likeness (QED) is 0.840. The van der Waals surface area contributed by atoms with Gasteiger partial charge in [0, 0.05) is 12.1 Å². The van der Waals surface area contributed by atoms with Crippen LogP contribution in [0, 0.1) is 6.92 Å². The average molecular weight is 326 g/mol. The molecule has 2 rings (SSSR count). The molecule has 124 valence electrons. The van der Waals surface area contributed by atoms with Crippen LogP contribution in [0.3, 0.4) is 0 Å². The molecule has 1 aliphatic carbocycles. The monoisotopic (exact) mass is 326 g/mol. The molecule has 0 heterocycles. The first-order chi connectivity index (χ1) is 10.3. The minimum absolute atomic E-state index is 0.0540. The predicted molar refractivity (Wildman–Crippen MR) is 87.5 cm³/mol. The van der Waals surface area contributed by atoms with Gasteiger partial charge in [0.05, 0.1) is 11.0 Å². The van der Waals surface area contributed by atoms with E-state index in [4.69, 9.17) is 10.5 Å². The number of hydrogen-bond acceptors (Lipinski definition) is 4. The van der Waals surface area contributed by atoms with Crippen molar-refractivity contribution in [1.29, 1.82) is 0 Å². The lowest BCUT2D eigenvalue weighted by Gasteiger charge is -2.28. The zero-order chi connectivity index (χ0) is 16.4. The second-order valence-corrected chi connectivity index (χ2v) is 8.07. The van der Waals surface area contributed by atoms with Gasteiger partial charge in [0.1, 0.15) is 5.75 Å². The van der Waals surface area contributed by atoms with Gasteiger partial charge in [0.15, 0.2) is 0 Å². The lowest BCUT2D eigenvalue weighted by atomic mass is 10.0. The molecule has 0 unspecified atom stereocenters. The van der Waals surface area contributed by atoms with E-state index in [1.807, 2.05) is 20.8 Å². The van der Waals surface area contributed by atoms with Gasteiger partial charge < -0.3 is 10.5 Å². The molecule has 3 N–H and O–H groups in total. The Labute approximate surface area is 133 Å². The van der Waals surface area contributed by atoms with Crippen molar-refractivity contribution in [3.05, 3.63) is 23.8 Å². The summed E-state index contributed by atoms with van der Waals surface area (Å²) in [6, 6.07) is 4.96. The van der Waals surface area contributed by atoms with E-state index in [2.05, 4.69) is 4.72 Å². The van der Waals surface area contributed by atoms with Crippen molar-refractivity contribution < 1.29 is 13.2 Å². The Bertz CT molecular complexity index is 620. The van der Waals surface area contributed by atoms with Crippen LogP contribution in [0.2, 0.25) is 0 Å². The molecular formula is C16H26N2O3S. The molecule has 0 aromatic heterocycles. The molecule has 1 saturated carbocycles. The Morgan fingerprint density at radius 1 is 1.32 bits per heavy atom. The number of sulfonamides is 1. The number of nitrogens with two attached hydrogens (primary N) is 1. The molecule has 0 saturated heterocycles.